The summed E-state index contributed by atoms with van der Waals surface area (Å²) in [4.78, 5) is 11.4. The molecule has 0 aliphatic heterocycles. The number of nitrogens with one attached hydrogen (secondary N) is 2. The maximum atomic E-state index is 11.4. The predicted octanol–water partition coefficient (Wildman–Crippen LogP) is 1.59. The van der Waals surface area contributed by atoms with E-state index in [1.807, 2.05) is 13.8 Å². The maximum Gasteiger partial charge on any atom is 0.271 e. The first-order valence-corrected chi connectivity index (χ1v) is 4.52. The molecule has 0 fully saturated rings. The Hall–Kier alpha value is -1.03. The largest absolute Gasteiger partial charge is 0.348 e. The molecule has 1 atom stereocenters. The summed E-state index contributed by atoms with van der Waals surface area (Å²) >= 11 is 5.71. The van der Waals surface area contributed by atoms with Crippen molar-refractivity contribution in [1.29, 1.82) is 0 Å². The van der Waals surface area contributed by atoms with Crippen molar-refractivity contribution in [2.45, 2.75) is 26.3 Å². The smallest absolute Gasteiger partial charge is 0.271 e. The number of aromatic nitrogens is 2. The van der Waals surface area contributed by atoms with Gasteiger partial charge in [-0.2, -0.15) is 5.10 Å². The van der Waals surface area contributed by atoms with E-state index >= 15 is 0 Å². The standard InChI is InChI=1S/C8H12ClN3O/c1-3-5(2)11-8(13)7-6(9)4-10-12-7/h4-5H,3H2,1-2H3,(H,10,12)(H,11,13)/t5-/m1/s1. The molecule has 0 saturated carbocycles. The molecule has 0 bridgehead atoms. The van der Waals surface area contributed by atoms with Crippen molar-refractivity contribution in [3.8, 4) is 0 Å². The molecular weight excluding hydrogens is 190 g/mol. The minimum atomic E-state index is -0.211. The van der Waals surface area contributed by atoms with Gasteiger partial charge in [-0.15, -0.1) is 0 Å². The number of halogens is 1. The van der Waals surface area contributed by atoms with Gasteiger partial charge in [-0.3, -0.25) is 9.89 Å². The molecule has 1 amide bonds. The summed E-state index contributed by atoms with van der Waals surface area (Å²) in [6, 6.07) is 0.145. The zero-order valence-corrected chi connectivity index (χ0v) is 8.35. The quantitative estimate of drug-likeness (QED) is 0.781. The third kappa shape index (κ3) is 2.45. The molecular formula is C8H12ClN3O. The average Bonchev–Trinajstić information content (AvgIpc) is 2.51. The highest BCUT2D eigenvalue weighted by atomic mass is 35.5. The van der Waals surface area contributed by atoms with E-state index in [2.05, 4.69) is 15.5 Å². The van der Waals surface area contributed by atoms with Crippen molar-refractivity contribution in [2.75, 3.05) is 0 Å². The molecule has 1 rings (SSSR count). The number of carbonyl (C=O) groups excluding carboxylic acids is 1. The van der Waals surface area contributed by atoms with Gasteiger partial charge in [0.2, 0.25) is 0 Å². The number of H-pyrrole nitrogens is 1. The van der Waals surface area contributed by atoms with Crippen molar-refractivity contribution < 1.29 is 4.79 Å². The summed E-state index contributed by atoms with van der Waals surface area (Å²) < 4.78 is 0. The van der Waals surface area contributed by atoms with Crippen LogP contribution in [0.1, 0.15) is 30.8 Å². The molecule has 5 heteroatoms. The summed E-state index contributed by atoms with van der Waals surface area (Å²) in [7, 11) is 0. The molecule has 2 N–H and O–H groups in total. The van der Waals surface area contributed by atoms with Crippen molar-refractivity contribution in [2.24, 2.45) is 0 Å². The molecule has 13 heavy (non-hydrogen) atoms. The second kappa shape index (κ2) is 4.28. The van der Waals surface area contributed by atoms with Gasteiger partial charge in [0, 0.05) is 6.04 Å². The Kier molecular flexibility index (Phi) is 3.31. The fourth-order valence-corrected chi connectivity index (χ4v) is 1.01. The summed E-state index contributed by atoms with van der Waals surface area (Å²) in [5.41, 5.74) is 0.321. The van der Waals surface area contributed by atoms with Gasteiger partial charge >= 0.3 is 0 Å². The fraction of sp³-hybridized carbons (Fsp3) is 0.500. The lowest BCUT2D eigenvalue weighted by Gasteiger charge is -2.09. The number of carbonyl (C=O) groups is 1. The Bertz CT molecular complexity index is 297. The second-order valence-corrected chi connectivity index (χ2v) is 3.28. The van der Waals surface area contributed by atoms with Gasteiger partial charge in [0.1, 0.15) is 5.69 Å². The second-order valence-electron chi connectivity index (χ2n) is 2.88. The lowest BCUT2D eigenvalue weighted by atomic mass is 10.2. The predicted molar refractivity (Wildman–Crippen MR) is 50.8 cm³/mol. The third-order valence-corrected chi connectivity index (χ3v) is 2.10. The number of amides is 1. The monoisotopic (exact) mass is 201 g/mol. The molecule has 72 valence electrons. The van der Waals surface area contributed by atoms with Crippen LogP contribution >= 0.6 is 11.6 Å². The van der Waals surface area contributed by atoms with E-state index in [0.717, 1.165) is 6.42 Å². The van der Waals surface area contributed by atoms with Crippen LogP contribution in [0.4, 0.5) is 0 Å². The van der Waals surface area contributed by atoms with Gasteiger partial charge in [0.25, 0.3) is 5.91 Å². The molecule has 0 radical (unpaired) electrons. The minimum Gasteiger partial charge on any atom is -0.348 e. The van der Waals surface area contributed by atoms with Gasteiger partial charge in [0.15, 0.2) is 0 Å². The van der Waals surface area contributed by atoms with E-state index in [1.165, 1.54) is 6.20 Å². The summed E-state index contributed by atoms with van der Waals surface area (Å²) in [5.74, 6) is -0.211. The normalized spacial score (nSPS) is 12.5. The summed E-state index contributed by atoms with van der Waals surface area (Å²) in [6.45, 7) is 3.93. The molecule has 1 heterocycles. The number of hydrogen-bond acceptors (Lipinski definition) is 2. The van der Waals surface area contributed by atoms with Gasteiger partial charge in [-0.25, -0.2) is 0 Å². The summed E-state index contributed by atoms with van der Waals surface area (Å²) in [6.07, 6.45) is 2.30. The highest BCUT2D eigenvalue weighted by Gasteiger charge is 2.13. The number of nitrogens with zero attached hydrogens (tertiary/aromatic N) is 1. The highest BCUT2D eigenvalue weighted by molar-refractivity contribution is 6.33. The lowest BCUT2D eigenvalue weighted by molar-refractivity contribution is 0.0934. The third-order valence-electron chi connectivity index (χ3n) is 1.81. The topological polar surface area (TPSA) is 57.8 Å². The van der Waals surface area contributed by atoms with Crippen LogP contribution < -0.4 is 5.32 Å². The SMILES string of the molecule is CC[C@@H](C)NC(=O)c1[nH]ncc1Cl. The fourth-order valence-electron chi connectivity index (χ4n) is 0.829. The van der Waals surface area contributed by atoms with Crippen molar-refractivity contribution >= 4 is 17.5 Å². The zero-order chi connectivity index (χ0) is 9.84. The van der Waals surface area contributed by atoms with Crippen LogP contribution in [0.2, 0.25) is 5.02 Å². The number of hydrogen-bond donors (Lipinski definition) is 2. The van der Waals surface area contributed by atoms with Gasteiger partial charge in [-0.1, -0.05) is 18.5 Å². The first-order valence-electron chi connectivity index (χ1n) is 4.14. The molecule has 0 unspecified atom stereocenters. The van der Waals surface area contributed by atoms with E-state index < -0.39 is 0 Å². The van der Waals surface area contributed by atoms with Crippen molar-refractivity contribution in [1.82, 2.24) is 15.5 Å². The number of aromatic amines is 1. The molecule has 4 nitrogen and oxygen atoms in total. The molecule has 0 saturated heterocycles. The molecule has 0 aromatic carbocycles. The van der Waals surface area contributed by atoms with E-state index in [1.54, 1.807) is 0 Å². The molecule has 1 aromatic rings. The van der Waals surface area contributed by atoms with Crippen LogP contribution in [0, 0.1) is 0 Å². The molecule has 0 aliphatic carbocycles. The Balaban J connectivity index is 2.64. The average molecular weight is 202 g/mol. The Morgan fingerprint density at radius 3 is 3.00 bits per heavy atom. The first-order chi connectivity index (χ1) is 6.15. The van der Waals surface area contributed by atoms with E-state index in [9.17, 15) is 4.79 Å². The molecule has 1 aromatic heterocycles. The van der Waals surface area contributed by atoms with Crippen LogP contribution in [0.3, 0.4) is 0 Å². The van der Waals surface area contributed by atoms with Gasteiger partial charge in [-0.05, 0) is 13.3 Å². The summed E-state index contributed by atoms with van der Waals surface area (Å²) in [5, 5.41) is 9.32. The van der Waals surface area contributed by atoms with Gasteiger partial charge < -0.3 is 5.32 Å². The lowest BCUT2D eigenvalue weighted by Crippen LogP contribution is -2.32. The maximum absolute atomic E-state index is 11.4. The van der Waals surface area contributed by atoms with E-state index in [4.69, 9.17) is 11.6 Å². The number of rotatable bonds is 3. The zero-order valence-electron chi connectivity index (χ0n) is 7.60. The Labute approximate surface area is 81.7 Å². The van der Waals surface area contributed by atoms with Crippen LogP contribution in [0.25, 0.3) is 0 Å². The van der Waals surface area contributed by atoms with Crippen LogP contribution in [-0.4, -0.2) is 22.1 Å². The Morgan fingerprint density at radius 1 is 1.85 bits per heavy atom. The van der Waals surface area contributed by atoms with Gasteiger partial charge in [0.05, 0.1) is 11.2 Å². The minimum absolute atomic E-state index is 0.145. The van der Waals surface area contributed by atoms with Crippen LogP contribution in [-0.2, 0) is 0 Å². The first kappa shape index (κ1) is 10.1. The van der Waals surface area contributed by atoms with Crippen LogP contribution in [0.5, 0.6) is 0 Å². The molecule has 0 aliphatic rings. The van der Waals surface area contributed by atoms with Crippen molar-refractivity contribution in [3.05, 3.63) is 16.9 Å². The van der Waals surface area contributed by atoms with E-state index in [-0.39, 0.29) is 11.9 Å². The van der Waals surface area contributed by atoms with Crippen LogP contribution in [0.15, 0.2) is 6.20 Å². The van der Waals surface area contributed by atoms with E-state index in [0.29, 0.717) is 10.7 Å². The van der Waals surface area contributed by atoms with Crippen molar-refractivity contribution in [3.63, 3.8) is 0 Å². The molecule has 0 spiro atoms. The highest BCUT2D eigenvalue weighted by Crippen LogP contribution is 2.11. The Morgan fingerprint density at radius 2 is 2.54 bits per heavy atom.